The van der Waals surface area contributed by atoms with E-state index in [-0.39, 0.29) is 11.8 Å². The van der Waals surface area contributed by atoms with E-state index in [0.717, 1.165) is 28.6 Å². The summed E-state index contributed by atoms with van der Waals surface area (Å²) in [7, 11) is 0. The first-order chi connectivity index (χ1) is 13.0. The van der Waals surface area contributed by atoms with E-state index in [9.17, 15) is 9.90 Å². The molecule has 3 aromatic rings. The van der Waals surface area contributed by atoms with Crippen LogP contribution in [0.5, 0.6) is 0 Å². The molecule has 3 N–H and O–H groups in total. The molecule has 0 aliphatic heterocycles. The van der Waals surface area contributed by atoms with E-state index in [4.69, 9.17) is 5.73 Å². The first kappa shape index (κ1) is 20.4. The Morgan fingerprint density at radius 3 is 2.33 bits per heavy atom. The molecule has 2 aromatic carbocycles. The van der Waals surface area contributed by atoms with Gasteiger partial charge in [-0.3, -0.25) is 9.36 Å². The predicted octanol–water partition coefficient (Wildman–Crippen LogP) is 3.66. The maximum absolute atomic E-state index is 12.3. The monoisotopic (exact) mass is 362 g/mol. The molecule has 1 unspecified atom stereocenters. The van der Waals surface area contributed by atoms with Crippen molar-refractivity contribution >= 4 is 16.8 Å². The van der Waals surface area contributed by atoms with Crippen LogP contribution in [0.2, 0.25) is 0 Å². The molecule has 0 saturated heterocycles. The first-order valence-electron chi connectivity index (χ1n) is 9.08. The van der Waals surface area contributed by atoms with Gasteiger partial charge in [0.15, 0.2) is 0 Å². The van der Waals surface area contributed by atoms with Crippen LogP contribution >= 0.6 is 0 Å². The average Bonchev–Trinajstić information content (AvgIpc) is 3.09. The van der Waals surface area contributed by atoms with Gasteiger partial charge in [0.2, 0.25) is 0 Å². The van der Waals surface area contributed by atoms with Gasteiger partial charge in [-0.15, -0.1) is 0 Å². The van der Waals surface area contributed by atoms with Crippen molar-refractivity contribution < 1.29 is 9.90 Å². The van der Waals surface area contributed by atoms with E-state index in [1.165, 1.54) is 4.57 Å². The summed E-state index contributed by atoms with van der Waals surface area (Å²) in [4.78, 5) is 12.3. The minimum atomic E-state index is -1.00. The Balaban J connectivity index is 0.000000817. The number of carbonyl (C=O) groups is 1. The van der Waals surface area contributed by atoms with E-state index < -0.39 is 6.10 Å². The molecule has 3 rings (SSSR count). The summed E-state index contributed by atoms with van der Waals surface area (Å²) in [6.45, 7) is 6.30. The van der Waals surface area contributed by atoms with E-state index in [1.807, 2.05) is 75.4 Å². The standard InChI is InChI=1S/C21H19NO2.C2H7N/c1-15(2)20(23)21(24)22-13-12-18-14-17(10-11-19(18)22)9-8-16-6-4-3-5-7-16;1-2-3/h3-7,10-15,20,23H,1-2H3;2-3H2,1H3. The number of aliphatic hydroxyl groups excluding tert-OH is 1. The maximum atomic E-state index is 12.3. The third kappa shape index (κ3) is 5.30. The summed E-state index contributed by atoms with van der Waals surface area (Å²) in [5.74, 6) is 5.84. The minimum absolute atomic E-state index is 0.119. The van der Waals surface area contributed by atoms with Crippen molar-refractivity contribution in [1.29, 1.82) is 0 Å². The molecule has 1 heterocycles. The number of fused-ring (bicyclic) bond motifs is 1. The number of nitrogens with zero attached hydrogens (tertiary/aromatic N) is 1. The molecule has 0 amide bonds. The number of hydrogen-bond donors (Lipinski definition) is 2. The lowest BCUT2D eigenvalue weighted by atomic mass is 10.1. The molecule has 140 valence electrons. The fraction of sp³-hybridized carbons (Fsp3) is 0.261. The van der Waals surface area contributed by atoms with Gasteiger partial charge in [0.1, 0.15) is 6.10 Å². The molecule has 1 atom stereocenters. The van der Waals surface area contributed by atoms with Crippen molar-refractivity contribution in [2.24, 2.45) is 11.7 Å². The topological polar surface area (TPSA) is 68.2 Å². The highest BCUT2D eigenvalue weighted by atomic mass is 16.3. The number of benzene rings is 2. The second kappa shape index (κ2) is 9.72. The first-order valence-corrected chi connectivity index (χ1v) is 9.08. The van der Waals surface area contributed by atoms with Gasteiger partial charge in [-0.2, -0.15) is 0 Å². The van der Waals surface area contributed by atoms with Crippen molar-refractivity contribution in [3.63, 3.8) is 0 Å². The Morgan fingerprint density at radius 1 is 1.07 bits per heavy atom. The Kier molecular flexibility index (Phi) is 7.36. The van der Waals surface area contributed by atoms with Crippen LogP contribution in [0.4, 0.5) is 0 Å². The Hall–Kier alpha value is -2.87. The number of nitrogens with two attached hydrogens (primary N) is 1. The lowest BCUT2D eigenvalue weighted by Crippen LogP contribution is -2.30. The summed E-state index contributed by atoms with van der Waals surface area (Å²) in [5.41, 5.74) is 7.48. The Morgan fingerprint density at radius 2 is 1.70 bits per heavy atom. The van der Waals surface area contributed by atoms with Gasteiger partial charge in [0.05, 0.1) is 5.52 Å². The van der Waals surface area contributed by atoms with Crippen LogP contribution in [-0.4, -0.2) is 28.2 Å². The highest BCUT2D eigenvalue weighted by Gasteiger charge is 2.21. The number of carbonyl (C=O) groups excluding carboxylic acids is 1. The summed E-state index contributed by atoms with van der Waals surface area (Å²) in [6.07, 6.45) is 0.700. The lowest BCUT2D eigenvalue weighted by molar-refractivity contribution is 0.0560. The van der Waals surface area contributed by atoms with Crippen LogP contribution in [0.25, 0.3) is 10.9 Å². The number of aliphatic hydroxyl groups is 1. The van der Waals surface area contributed by atoms with Gasteiger partial charge < -0.3 is 10.8 Å². The predicted molar refractivity (Wildman–Crippen MR) is 111 cm³/mol. The number of hydrogen-bond acceptors (Lipinski definition) is 3. The molecule has 4 heteroatoms. The molecule has 0 bridgehead atoms. The van der Waals surface area contributed by atoms with Gasteiger partial charge in [0.25, 0.3) is 5.91 Å². The van der Waals surface area contributed by atoms with Crippen LogP contribution in [0.1, 0.15) is 36.7 Å². The third-order valence-corrected chi connectivity index (χ3v) is 3.94. The SMILES string of the molecule is CC(C)C(O)C(=O)n1ccc2cc(C#Cc3ccccc3)ccc21.CCN. The molecule has 0 saturated carbocycles. The van der Waals surface area contributed by atoms with Crippen molar-refractivity contribution in [3.05, 3.63) is 71.9 Å². The van der Waals surface area contributed by atoms with Crippen molar-refractivity contribution in [2.75, 3.05) is 6.54 Å². The summed E-state index contributed by atoms with van der Waals surface area (Å²) in [5, 5.41) is 10.9. The third-order valence-electron chi connectivity index (χ3n) is 3.94. The van der Waals surface area contributed by atoms with Gasteiger partial charge in [-0.25, -0.2) is 0 Å². The second-order valence-electron chi connectivity index (χ2n) is 6.51. The largest absolute Gasteiger partial charge is 0.383 e. The van der Waals surface area contributed by atoms with E-state index in [1.54, 1.807) is 6.20 Å². The van der Waals surface area contributed by atoms with Gasteiger partial charge in [0, 0.05) is 22.7 Å². The minimum Gasteiger partial charge on any atom is -0.383 e. The van der Waals surface area contributed by atoms with Crippen molar-refractivity contribution in [1.82, 2.24) is 4.57 Å². The molecular weight excluding hydrogens is 336 g/mol. The van der Waals surface area contributed by atoms with Crippen molar-refractivity contribution in [2.45, 2.75) is 26.9 Å². The summed E-state index contributed by atoms with van der Waals surface area (Å²) in [6, 6.07) is 17.4. The average molecular weight is 362 g/mol. The molecule has 0 aliphatic carbocycles. The normalized spacial score (nSPS) is 11.3. The van der Waals surface area contributed by atoms with E-state index in [0.29, 0.717) is 0 Å². The fourth-order valence-corrected chi connectivity index (χ4v) is 2.51. The number of aromatic nitrogens is 1. The van der Waals surface area contributed by atoms with Crippen LogP contribution in [0.15, 0.2) is 60.8 Å². The summed E-state index contributed by atoms with van der Waals surface area (Å²) < 4.78 is 1.51. The highest BCUT2D eigenvalue weighted by molar-refractivity contribution is 5.95. The Bertz CT molecular complexity index is 947. The zero-order chi connectivity index (χ0) is 19.8. The smallest absolute Gasteiger partial charge is 0.260 e. The molecule has 4 nitrogen and oxygen atoms in total. The van der Waals surface area contributed by atoms with Crippen LogP contribution in [0, 0.1) is 17.8 Å². The fourth-order valence-electron chi connectivity index (χ4n) is 2.51. The van der Waals surface area contributed by atoms with Crippen LogP contribution < -0.4 is 5.73 Å². The maximum Gasteiger partial charge on any atom is 0.260 e. The van der Waals surface area contributed by atoms with Crippen LogP contribution in [0.3, 0.4) is 0 Å². The van der Waals surface area contributed by atoms with E-state index in [2.05, 4.69) is 11.8 Å². The molecule has 27 heavy (non-hydrogen) atoms. The zero-order valence-electron chi connectivity index (χ0n) is 16.0. The molecule has 0 aliphatic rings. The zero-order valence-corrected chi connectivity index (χ0v) is 16.0. The lowest BCUT2D eigenvalue weighted by Gasteiger charge is -2.14. The number of rotatable bonds is 2. The molecule has 0 fully saturated rings. The Labute approximate surface area is 160 Å². The second-order valence-corrected chi connectivity index (χ2v) is 6.51. The molecular formula is C23H26N2O2. The molecule has 1 aromatic heterocycles. The molecule has 0 spiro atoms. The van der Waals surface area contributed by atoms with Gasteiger partial charge >= 0.3 is 0 Å². The van der Waals surface area contributed by atoms with Crippen LogP contribution in [-0.2, 0) is 0 Å². The van der Waals surface area contributed by atoms with Gasteiger partial charge in [-0.05, 0) is 48.9 Å². The highest BCUT2D eigenvalue weighted by Crippen LogP contribution is 2.19. The van der Waals surface area contributed by atoms with E-state index >= 15 is 0 Å². The summed E-state index contributed by atoms with van der Waals surface area (Å²) >= 11 is 0. The quantitative estimate of drug-likeness (QED) is 0.684. The molecule has 0 radical (unpaired) electrons. The van der Waals surface area contributed by atoms with Crippen molar-refractivity contribution in [3.8, 4) is 11.8 Å². The van der Waals surface area contributed by atoms with Gasteiger partial charge in [-0.1, -0.05) is 50.8 Å².